The molecule has 1 atom stereocenters. The van der Waals surface area contributed by atoms with E-state index < -0.39 is 6.04 Å². The highest BCUT2D eigenvalue weighted by atomic mass is 79.9. The fraction of sp³-hybridized carbons (Fsp3) is 0.158. The van der Waals surface area contributed by atoms with E-state index in [1.165, 1.54) is 6.92 Å². The molecule has 0 spiro atoms. The Morgan fingerprint density at radius 1 is 1.15 bits per heavy atom. The molecule has 2 N–H and O–H groups in total. The largest absolute Gasteiger partial charge is 0.349 e. The lowest BCUT2D eigenvalue weighted by Gasteiger charge is -2.18. The molecule has 3 aromatic rings. The number of hydrogen-bond acceptors (Lipinski definition) is 4. The zero-order valence-corrected chi connectivity index (χ0v) is 16.2. The Morgan fingerprint density at radius 3 is 2.59 bits per heavy atom. The summed E-state index contributed by atoms with van der Waals surface area (Å²) in [6, 6.07) is 12.3. The molecule has 0 radical (unpaired) electrons. The van der Waals surface area contributed by atoms with E-state index in [9.17, 15) is 9.59 Å². The van der Waals surface area contributed by atoms with Gasteiger partial charge in [0.15, 0.2) is 5.82 Å². The quantitative estimate of drug-likeness (QED) is 0.631. The molecule has 3 rings (SSSR count). The van der Waals surface area contributed by atoms with Crippen molar-refractivity contribution in [1.29, 1.82) is 0 Å². The number of anilines is 1. The Bertz CT molecular complexity index is 926. The minimum atomic E-state index is -0.430. The molecule has 0 aliphatic heterocycles. The first-order valence-electron chi connectivity index (χ1n) is 8.30. The summed E-state index contributed by atoms with van der Waals surface area (Å²) in [5, 5.41) is 9.84. The van der Waals surface area contributed by atoms with Crippen LogP contribution in [-0.4, -0.2) is 26.6 Å². The van der Waals surface area contributed by atoms with E-state index in [0.717, 1.165) is 10.0 Å². The van der Waals surface area contributed by atoms with Gasteiger partial charge in [-0.2, -0.15) is 5.10 Å². The molecule has 2 heterocycles. The van der Waals surface area contributed by atoms with Gasteiger partial charge in [-0.3, -0.25) is 9.59 Å². The smallest absolute Gasteiger partial charge is 0.226 e. The third-order valence-corrected chi connectivity index (χ3v) is 4.35. The lowest BCUT2D eigenvalue weighted by atomic mass is 10.0. The van der Waals surface area contributed by atoms with Crippen LogP contribution in [0.1, 0.15) is 24.9 Å². The summed E-state index contributed by atoms with van der Waals surface area (Å²) in [4.78, 5) is 28.5. The Kier molecular flexibility index (Phi) is 5.97. The molecule has 27 heavy (non-hydrogen) atoms. The van der Waals surface area contributed by atoms with E-state index in [1.807, 2.05) is 24.3 Å². The average Bonchev–Trinajstić information content (AvgIpc) is 3.16. The summed E-state index contributed by atoms with van der Waals surface area (Å²) >= 11 is 3.39. The molecule has 0 bridgehead atoms. The first-order valence-corrected chi connectivity index (χ1v) is 9.09. The second kappa shape index (κ2) is 8.59. The number of carbonyl (C=O) groups is 2. The van der Waals surface area contributed by atoms with E-state index in [4.69, 9.17) is 0 Å². The van der Waals surface area contributed by atoms with Gasteiger partial charge in [-0.15, -0.1) is 0 Å². The second-order valence-corrected chi connectivity index (χ2v) is 6.80. The number of pyridine rings is 1. The zero-order chi connectivity index (χ0) is 19.2. The van der Waals surface area contributed by atoms with Crippen molar-refractivity contribution in [3.8, 4) is 5.82 Å². The molecule has 0 saturated heterocycles. The summed E-state index contributed by atoms with van der Waals surface area (Å²) in [6.45, 7) is 1.43. The standard InChI is InChI=1S/C19H18BrN5O2/c1-13(26)23-17(14-5-7-15(20)8-6-14)12-18(27)24-16-4-2-9-21-19(16)25-11-3-10-22-25/h2-11,17H,12H2,1H3,(H,23,26)(H,24,27). The van der Waals surface area contributed by atoms with E-state index >= 15 is 0 Å². The molecule has 0 aliphatic rings. The summed E-state index contributed by atoms with van der Waals surface area (Å²) in [7, 11) is 0. The molecule has 1 unspecified atom stereocenters. The summed E-state index contributed by atoms with van der Waals surface area (Å²) in [5.74, 6) is 0.0861. The number of hydrogen-bond donors (Lipinski definition) is 2. The number of amides is 2. The number of aromatic nitrogens is 3. The molecular formula is C19H18BrN5O2. The molecule has 1 aromatic carbocycles. The maximum atomic E-state index is 12.6. The number of carbonyl (C=O) groups excluding carboxylic acids is 2. The lowest BCUT2D eigenvalue weighted by Crippen LogP contribution is -2.30. The molecule has 138 valence electrons. The predicted molar refractivity (Wildman–Crippen MR) is 105 cm³/mol. The van der Waals surface area contributed by atoms with Gasteiger partial charge in [-0.05, 0) is 35.9 Å². The van der Waals surface area contributed by atoms with Gasteiger partial charge in [0.25, 0.3) is 0 Å². The van der Waals surface area contributed by atoms with Gasteiger partial charge >= 0.3 is 0 Å². The van der Waals surface area contributed by atoms with Crippen LogP contribution in [-0.2, 0) is 9.59 Å². The topological polar surface area (TPSA) is 88.9 Å². The van der Waals surface area contributed by atoms with Gasteiger partial charge in [0.05, 0.1) is 18.2 Å². The summed E-state index contributed by atoms with van der Waals surface area (Å²) in [6.07, 6.45) is 5.11. The monoisotopic (exact) mass is 427 g/mol. The zero-order valence-electron chi connectivity index (χ0n) is 14.6. The number of nitrogens with one attached hydrogen (secondary N) is 2. The van der Waals surface area contributed by atoms with Crippen LogP contribution in [0.5, 0.6) is 0 Å². The second-order valence-electron chi connectivity index (χ2n) is 5.88. The van der Waals surface area contributed by atoms with Crippen LogP contribution in [0.2, 0.25) is 0 Å². The van der Waals surface area contributed by atoms with Crippen molar-refractivity contribution in [3.63, 3.8) is 0 Å². The number of rotatable bonds is 6. The van der Waals surface area contributed by atoms with Crippen molar-refractivity contribution in [2.75, 3.05) is 5.32 Å². The van der Waals surface area contributed by atoms with Gasteiger partial charge in [0, 0.05) is 30.0 Å². The molecule has 0 aliphatic carbocycles. The van der Waals surface area contributed by atoms with E-state index in [0.29, 0.717) is 11.5 Å². The van der Waals surface area contributed by atoms with Crippen LogP contribution in [0.25, 0.3) is 5.82 Å². The van der Waals surface area contributed by atoms with Crippen LogP contribution >= 0.6 is 15.9 Å². The maximum Gasteiger partial charge on any atom is 0.226 e. The van der Waals surface area contributed by atoms with Crippen LogP contribution in [0.4, 0.5) is 5.69 Å². The Balaban J connectivity index is 1.77. The molecule has 2 aromatic heterocycles. The van der Waals surface area contributed by atoms with E-state index in [1.54, 1.807) is 41.5 Å². The van der Waals surface area contributed by atoms with Gasteiger partial charge in [-0.1, -0.05) is 28.1 Å². The Morgan fingerprint density at radius 2 is 1.93 bits per heavy atom. The Hall–Kier alpha value is -3.00. The van der Waals surface area contributed by atoms with Crippen molar-refractivity contribution in [2.24, 2.45) is 0 Å². The van der Waals surface area contributed by atoms with Crippen LogP contribution < -0.4 is 10.6 Å². The van der Waals surface area contributed by atoms with Crippen molar-refractivity contribution in [3.05, 3.63) is 71.1 Å². The van der Waals surface area contributed by atoms with Gasteiger partial charge < -0.3 is 10.6 Å². The predicted octanol–water partition coefficient (Wildman–Crippen LogP) is 3.24. The maximum absolute atomic E-state index is 12.6. The van der Waals surface area contributed by atoms with Crippen molar-refractivity contribution in [2.45, 2.75) is 19.4 Å². The molecular weight excluding hydrogens is 410 g/mol. The number of halogens is 1. The van der Waals surface area contributed by atoms with Gasteiger partial charge in [0.2, 0.25) is 11.8 Å². The first kappa shape index (κ1) is 18.8. The highest BCUT2D eigenvalue weighted by Crippen LogP contribution is 2.22. The number of nitrogens with zero attached hydrogens (tertiary/aromatic N) is 3. The van der Waals surface area contributed by atoms with Crippen molar-refractivity contribution < 1.29 is 9.59 Å². The molecule has 7 nitrogen and oxygen atoms in total. The minimum Gasteiger partial charge on any atom is -0.349 e. The third-order valence-electron chi connectivity index (χ3n) is 3.82. The first-order chi connectivity index (χ1) is 13.0. The van der Waals surface area contributed by atoms with Gasteiger partial charge in [0.1, 0.15) is 0 Å². The highest BCUT2D eigenvalue weighted by molar-refractivity contribution is 9.10. The van der Waals surface area contributed by atoms with Crippen LogP contribution in [0.3, 0.4) is 0 Å². The van der Waals surface area contributed by atoms with Gasteiger partial charge in [-0.25, -0.2) is 9.67 Å². The fourth-order valence-corrected chi connectivity index (χ4v) is 2.91. The SMILES string of the molecule is CC(=O)NC(CC(=O)Nc1cccnc1-n1cccn1)c1ccc(Br)cc1. The average molecular weight is 428 g/mol. The minimum absolute atomic E-state index is 0.0919. The lowest BCUT2D eigenvalue weighted by molar-refractivity contribution is -0.120. The third kappa shape index (κ3) is 5.01. The summed E-state index contributed by atoms with van der Waals surface area (Å²) in [5.41, 5.74) is 1.39. The van der Waals surface area contributed by atoms with E-state index in [-0.39, 0.29) is 18.2 Å². The fourth-order valence-electron chi connectivity index (χ4n) is 2.65. The molecule has 0 fully saturated rings. The normalized spacial score (nSPS) is 11.6. The Labute approximate surface area is 164 Å². The van der Waals surface area contributed by atoms with Crippen LogP contribution in [0, 0.1) is 0 Å². The molecule has 2 amide bonds. The van der Waals surface area contributed by atoms with Crippen molar-refractivity contribution >= 4 is 33.4 Å². The number of benzene rings is 1. The molecule has 8 heteroatoms. The molecule has 0 saturated carbocycles. The summed E-state index contributed by atoms with van der Waals surface area (Å²) < 4.78 is 2.51. The van der Waals surface area contributed by atoms with Crippen LogP contribution in [0.15, 0.2) is 65.5 Å². The van der Waals surface area contributed by atoms with Crippen molar-refractivity contribution in [1.82, 2.24) is 20.1 Å². The van der Waals surface area contributed by atoms with E-state index in [2.05, 4.69) is 36.6 Å². The highest BCUT2D eigenvalue weighted by Gasteiger charge is 2.18.